The van der Waals surface area contributed by atoms with Gasteiger partial charge in [-0.15, -0.1) is 0 Å². The van der Waals surface area contributed by atoms with Crippen molar-refractivity contribution in [3.8, 4) is 0 Å². The van der Waals surface area contributed by atoms with Crippen molar-refractivity contribution in [3.05, 3.63) is 35.9 Å². The molecule has 4 aliphatic carbocycles. The number of hydrogen-bond donors (Lipinski definition) is 1. The van der Waals surface area contributed by atoms with E-state index >= 15 is 0 Å². The first kappa shape index (κ1) is 18.4. The number of hydrogen-bond acceptors (Lipinski definition) is 2. The molecule has 1 aromatic carbocycles. The van der Waals surface area contributed by atoms with Crippen molar-refractivity contribution in [2.24, 2.45) is 23.2 Å². The molecule has 2 aliphatic heterocycles. The Kier molecular flexibility index (Phi) is 4.52. The fourth-order valence-corrected chi connectivity index (χ4v) is 8.38. The third-order valence-corrected chi connectivity index (χ3v) is 9.19. The van der Waals surface area contributed by atoms with E-state index in [1.54, 1.807) is 0 Å². The smallest absolute Gasteiger partial charge is 0.226 e. The van der Waals surface area contributed by atoms with Gasteiger partial charge in [-0.05, 0) is 87.5 Å². The predicted octanol–water partition coefficient (Wildman–Crippen LogP) is 4.90. The van der Waals surface area contributed by atoms with Crippen LogP contribution in [-0.2, 0) is 11.3 Å². The highest BCUT2D eigenvalue weighted by Gasteiger charge is 2.55. The van der Waals surface area contributed by atoms with E-state index in [1.165, 1.54) is 63.4 Å². The zero-order chi connectivity index (χ0) is 19.4. The molecule has 3 atom stereocenters. The van der Waals surface area contributed by atoms with Gasteiger partial charge in [0.1, 0.15) is 0 Å². The third kappa shape index (κ3) is 3.34. The van der Waals surface area contributed by atoms with Gasteiger partial charge in [-0.25, -0.2) is 0 Å². The Morgan fingerprint density at radius 1 is 0.897 bits per heavy atom. The van der Waals surface area contributed by atoms with Crippen molar-refractivity contribution < 1.29 is 4.79 Å². The van der Waals surface area contributed by atoms with Gasteiger partial charge < -0.3 is 5.32 Å². The van der Waals surface area contributed by atoms with Crippen molar-refractivity contribution in [1.82, 2.24) is 10.2 Å². The molecule has 2 heterocycles. The number of nitrogens with zero attached hydrogens (tertiary/aromatic N) is 1. The average Bonchev–Trinajstić information content (AvgIpc) is 2.68. The fraction of sp³-hybridized carbons (Fsp3) is 0.731. The van der Waals surface area contributed by atoms with Gasteiger partial charge in [0.15, 0.2) is 0 Å². The van der Waals surface area contributed by atoms with Crippen molar-refractivity contribution in [3.63, 3.8) is 0 Å². The molecule has 2 saturated heterocycles. The Hall–Kier alpha value is -1.35. The number of carbonyl (C=O) groups excluding carboxylic acids is 1. The summed E-state index contributed by atoms with van der Waals surface area (Å²) in [6, 6.07) is 12.6. The van der Waals surface area contributed by atoms with Crippen LogP contribution in [0.25, 0.3) is 0 Å². The second-order valence-electron chi connectivity index (χ2n) is 11.2. The van der Waals surface area contributed by atoms with Gasteiger partial charge in [0.05, 0.1) is 0 Å². The first-order chi connectivity index (χ1) is 14.2. The molecule has 1 aromatic rings. The Morgan fingerprint density at radius 3 is 2.07 bits per heavy atom. The summed E-state index contributed by atoms with van der Waals surface area (Å²) in [5.74, 6) is 2.98. The maximum absolute atomic E-state index is 13.5. The topological polar surface area (TPSA) is 32.3 Å². The minimum atomic E-state index is 0.00499. The summed E-state index contributed by atoms with van der Waals surface area (Å²) < 4.78 is 0. The molecule has 6 fully saturated rings. The minimum Gasteiger partial charge on any atom is -0.353 e. The van der Waals surface area contributed by atoms with E-state index in [-0.39, 0.29) is 5.41 Å². The SMILES string of the molecule is O=C(NC1C[C@H]2CCC[C@@H](C1)N2Cc1ccccc1)C12CC3CC(CC(C3)C1)C2. The summed E-state index contributed by atoms with van der Waals surface area (Å²) in [7, 11) is 0. The van der Waals surface area contributed by atoms with Gasteiger partial charge in [0.25, 0.3) is 0 Å². The molecule has 1 N–H and O–H groups in total. The molecule has 1 amide bonds. The summed E-state index contributed by atoms with van der Waals surface area (Å²) >= 11 is 0. The molecule has 0 spiro atoms. The first-order valence-electron chi connectivity index (χ1n) is 12.3. The summed E-state index contributed by atoms with van der Waals surface area (Å²) in [6.07, 6.45) is 14.1. The Morgan fingerprint density at radius 2 is 1.48 bits per heavy atom. The summed E-state index contributed by atoms with van der Waals surface area (Å²) in [6.45, 7) is 1.08. The molecule has 29 heavy (non-hydrogen) atoms. The molecule has 3 heteroatoms. The average molecular weight is 393 g/mol. The normalized spacial score (nSPS) is 43.3. The van der Waals surface area contributed by atoms with E-state index in [2.05, 4.69) is 40.5 Å². The van der Waals surface area contributed by atoms with E-state index in [0.29, 0.717) is 24.0 Å². The lowest BCUT2D eigenvalue weighted by atomic mass is 9.49. The maximum Gasteiger partial charge on any atom is 0.226 e. The van der Waals surface area contributed by atoms with Crippen LogP contribution < -0.4 is 5.32 Å². The van der Waals surface area contributed by atoms with Gasteiger partial charge in [-0.3, -0.25) is 9.69 Å². The summed E-state index contributed by atoms with van der Waals surface area (Å²) in [5.41, 5.74) is 1.44. The molecule has 0 radical (unpaired) electrons. The van der Waals surface area contributed by atoms with Crippen LogP contribution in [0.2, 0.25) is 0 Å². The number of carbonyl (C=O) groups is 1. The number of piperidine rings is 2. The van der Waals surface area contributed by atoms with Crippen molar-refractivity contribution in [1.29, 1.82) is 0 Å². The molecule has 156 valence electrons. The highest BCUT2D eigenvalue weighted by Crippen LogP contribution is 2.60. The third-order valence-electron chi connectivity index (χ3n) is 9.19. The van der Waals surface area contributed by atoms with Crippen LogP contribution in [0.5, 0.6) is 0 Å². The predicted molar refractivity (Wildman–Crippen MR) is 115 cm³/mol. The van der Waals surface area contributed by atoms with Gasteiger partial charge in [-0.1, -0.05) is 36.8 Å². The first-order valence-corrected chi connectivity index (χ1v) is 12.3. The van der Waals surface area contributed by atoms with Gasteiger partial charge in [0.2, 0.25) is 5.91 Å². The lowest BCUT2D eigenvalue weighted by Crippen LogP contribution is -2.60. The number of fused-ring (bicyclic) bond motifs is 2. The summed E-state index contributed by atoms with van der Waals surface area (Å²) in [5, 5.41) is 3.62. The molecule has 1 unspecified atom stereocenters. The second-order valence-corrected chi connectivity index (χ2v) is 11.2. The molecule has 0 aromatic heterocycles. The van der Waals surface area contributed by atoms with Crippen LogP contribution in [-0.4, -0.2) is 28.9 Å². The lowest BCUT2D eigenvalue weighted by Gasteiger charge is -2.56. The zero-order valence-corrected chi connectivity index (χ0v) is 17.7. The van der Waals surface area contributed by atoms with Crippen molar-refractivity contribution in [2.75, 3.05) is 0 Å². The molecule has 6 bridgehead atoms. The maximum atomic E-state index is 13.5. The molecule has 3 nitrogen and oxygen atoms in total. The minimum absolute atomic E-state index is 0.00499. The molecule has 7 rings (SSSR count). The number of nitrogens with one attached hydrogen (secondary N) is 1. The van der Waals surface area contributed by atoms with Crippen LogP contribution in [0, 0.1) is 23.2 Å². The van der Waals surface area contributed by atoms with Crippen molar-refractivity contribution in [2.45, 2.75) is 95.3 Å². The monoisotopic (exact) mass is 392 g/mol. The van der Waals surface area contributed by atoms with Crippen LogP contribution in [0.4, 0.5) is 0 Å². The van der Waals surface area contributed by atoms with E-state index in [1.807, 2.05) is 0 Å². The molecular weight excluding hydrogens is 356 g/mol. The molecule has 4 saturated carbocycles. The zero-order valence-electron chi connectivity index (χ0n) is 17.7. The Balaban J connectivity index is 1.13. The molecule has 6 aliphatic rings. The molecular formula is C26H36N2O. The van der Waals surface area contributed by atoms with Gasteiger partial charge in [0, 0.05) is 30.1 Å². The largest absolute Gasteiger partial charge is 0.353 e. The Labute approximate surface area is 175 Å². The number of rotatable bonds is 4. The van der Waals surface area contributed by atoms with Gasteiger partial charge >= 0.3 is 0 Å². The lowest BCUT2D eigenvalue weighted by molar-refractivity contribution is -0.147. The number of benzene rings is 1. The number of amides is 1. The van der Waals surface area contributed by atoms with E-state index in [9.17, 15) is 4.79 Å². The van der Waals surface area contributed by atoms with Crippen LogP contribution in [0.15, 0.2) is 30.3 Å². The van der Waals surface area contributed by atoms with Gasteiger partial charge in [-0.2, -0.15) is 0 Å². The standard InChI is InChI=1S/C26H36N2O/c29-25(26-14-19-9-20(15-26)11-21(10-19)16-26)27-22-12-23-7-4-8-24(13-22)28(23)17-18-5-2-1-3-6-18/h1-3,5-6,19-24H,4,7-17H2,(H,27,29)/t19?,20?,21?,22?,23-,24+,26?. The van der Waals surface area contributed by atoms with E-state index in [4.69, 9.17) is 0 Å². The highest BCUT2D eigenvalue weighted by molar-refractivity contribution is 5.83. The van der Waals surface area contributed by atoms with Crippen LogP contribution in [0.1, 0.15) is 76.2 Å². The van der Waals surface area contributed by atoms with Crippen molar-refractivity contribution >= 4 is 5.91 Å². The Bertz CT molecular complexity index is 710. The highest BCUT2D eigenvalue weighted by atomic mass is 16.2. The summed E-state index contributed by atoms with van der Waals surface area (Å²) in [4.78, 5) is 16.3. The van der Waals surface area contributed by atoms with Crippen LogP contribution in [0.3, 0.4) is 0 Å². The second kappa shape index (κ2) is 7.11. The fourth-order valence-electron chi connectivity index (χ4n) is 8.38. The van der Waals surface area contributed by atoms with E-state index in [0.717, 1.165) is 37.1 Å². The van der Waals surface area contributed by atoms with E-state index < -0.39 is 0 Å². The quantitative estimate of drug-likeness (QED) is 0.790. The van der Waals surface area contributed by atoms with Crippen LogP contribution >= 0.6 is 0 Å².